The second-order valence-corrected chi connectivity index (χ2v) is 8.96. The number of aromatic nitrogens is 4. The summed E-state index contributed by atoms with van der Waals surface area (Å²) in [4.78, 5) is 28.3. The quantitative estimate of drug-likeness (QED) is 0.412. The van der Waals surface area contributed by atoms with Crippen LogP contribution in [0.3, 0.4) is 0 Å². The predicted molar refractivity (Wildman–Crippen MR) is 130 cm³/mol. The fraction of sp³-hybridized carbons (Fsp3) is 0.385. The van der Waals surface area contributed by atoms with Crippen molar-refractivity contribution < 1.29 is 9.15 Å². The van der Waals surface area contributed by atoms with Crippen molar-refractivity contribution in [1.82, 2.24) is 24.4 Å². The molecule has 0 radical (unpaired) electrons. The van der Waals surface area contributed by atoms with Crippen LogP contribution in [-0.2, 0) is 6.54 Å². The van der Waals surface area contributed by atoms with Crippen molar-refractivity contribution in [2.75, 3.05) is 19.6 Å². The Morgan fingerprint density at radius 1 is 1.09 bits per heavy atom. The van der Waals surface area contributed by atoms with E-state index in [-0.39, 0.29) is 6.10 Å². The second kappa shape index (κ2) is 9.77. The van der Waals surface area contributed by atoms with Crippen molar-refractivity contribution in [2.24, 2.45) is 0 Å². The molecule has 1 aliphatic rings. The minimum Gasteiger partial charge on any atom is -0.486 e. The number of oxazole rings is 1. The molecule has 8 nitrogen and oxygen atoms in total. The number of ether oxygens (including phenoxy) is 1. The van der Waals surface area contributed by atoms with E-state index in [0.29, 0.717) is 29.3 Å². The van der Waals surface area contributed by atoms with Crippen LogP contribution in [0, 0.1) is 6.92 Å². The number of benzene rings is 1. The monoisotopic (exact) mass is 459 g/mol. The van der Waals surface area contributed by atoms with Gasteiger partial charge in [0.15, 0.2) is 22.8 Å². The Kier molecular flexibility index (Phi) is 6.40. The first-order chi connectivity index (χ1) is 16.5. The van der Waals surface area contributed by atoms with Gasteiger partial charge >= 0.3 is 5.76 Å². The molecule has 1 aromatic carbocycles. The normalized spacial score (nSPS) is 15.5. The minimum absolute atomic E-state index is 0.0798. The van der Waals surface area contributed by atoms with Crippen LogP contribution in [-0.4, -0.2) is 50.2 Å². The highest BCUT2D eigenvalue weighted by Gasteiger charge is 2.15. The summed E-state index contributed by atoms with van der Waals surface area (Å²) in [6, 6.07) is 11.4. The third kappa shape index (κ3) is 5.02. The van der Waals surface area contributed by atoms with Crippen LogP contribution in [0.1, 0.15) is 37.4 Å². The van der Waals surface area contributed by atoms with Crippen LogP contribution in [0.25, 0.3) is 22.6 Å². The van der Waals surface area contributed by atoms with E-state index in [0.717, 1.165) is 36.5 Å². The Morgan fingerprint density at radius 2 is 1.88 bits per heavy atom. The Labute approximate surface area is 198 Å². The number of aryl methyl sites for hydroxylation is 1. The number of nitrogens with zero attached hydrogens (tertiary/aromatic N) is 5. The number of hydrogen-bond acceptors (Lipinski definition) is 7. The first kappa shape index (κ1) is 22.3. The van der Waals surface area contributed by atoms with Gasteiger partial charge in [0.05, 0.1) is 18.9 Å². The Morgan fingerprint density at radius 3 is 2.68 bits per heavy atom. The van der Waals surface area contributed by atoms with Crippen molar-refractivity contribution in [1.29, 1.82) is 0 Å². The molecule has 1 saturated heterocycles. The Hall–Kier alpha value is -3.52. The highest BCUT2D eigenvalue weighted by atomic mass is 16.5. The summed E-state index contributed by atoms with van der Waals surface area (Å²) in [6.45, 7) is 7.54. The molecule has 0 saturated carbocycles. The van der Waals surface area contributed by atoms with E-state index in [1.807, 2.05) is 37.3 Å². The Balaban J connectivity index is 1.28. The summed E-state index contributed by atoms with van der Waals surface area (Å²) in [7, 11) is 0. The van der Waals surface area contributed by atoms with E-state index in [2.05, 4.69) is 26.8 Å². The molecule has 176 valence electrons. The molecular formula is C26H29N5O3. The summed E-state index contributed by atoms with van der Waals surface area (Å²) >= 11 is 0. The molecule has 1 fully saturated rings. The highest BCUT2D eigenvalue weighted by Crippen LogP contribution is 2.20. The molecule has 5 rings (SSSR count). The van der Waals surface area contributed by atoms with Crippen LogP contribution in [0.5, 0.6) is 5.75 Å². The fourth-order valence-corrected chi connectivity index (χ4v) is 4.47. The summed E-state index contributed by atoms with van der Waals surface area (Å²) in [5.74, 6) is 0.855. The van der Waals surface area contributed by atoms with Crippen molar-refractivity contribution in [3.8, 4) is 17.1 Å². The van der Waals surface area contributed by atoms with Crippen molar-refractivity contribution in [3.63, 3.8) is 0 Å². The van der Waals surface area contributed by atoms with Gasteiger partial charge in [-0.25, -0.2) is 19.7 Å². The zero-order valence-corrected chi connectivity index (χ0v) is 19.6. The molecule has 1 unspecified atom stereocenters. The summed E-state index contributed by atoms with van der Waals surface area (Å²) in [5.41, 5.74) is 3.67. The standard InChI is InChI=1S/C26H29N5O3/c1-18-9-10-23-25(29-18)31(26(32)34-23)17-20-7-6-8-21(13-20)24-27-14-22(15-28-24)33-19(2)16-30-11-4-3-5-12-30/h6-10,13-15,19H,3-5,11-12,16-17H2,1-2H3. The molecule has 34 heavy (non-hydrogen) atoms. The summed E-state index contributed by atoms with van der Waals surface area (Å²) in [6.07, 6.45) is 7.39. The van der Waals surface area contributed by atoms with Gasteiger partial charge in [-0.2, -0.15) is 0 Å². The molecule has 8 heteroatoms. The van der Waals surface area contributed by atoms with E-state index in [9.17, 15) is 4.79 Å². The van der Waals surface area contributed by atoms with Crippen molar-refractivity contribution >= 4 is 11.2 Å². The van der Waals surface area contributed by atoms with Gasteiger partial charge in [-0.05, 0) is 63.5 Å². The first-order valence-corrected chi connectivity index (χ1v) is 11.8. The molecule has 0 N–H and O–H groups in total. The van der Waals surface area contributed by atoms with E-state index >= 15 is 0 Å². The lowest BCUT2D eigenvalue weighted by Gasteiger charge is -2.29. The third-order valence-electron chi connectivity index (χ3n) is 6.11. The zero-order chi connectivity index (χ0) is 23.5. The lowest BCUT2D eigenvalue weighted by molar-refractivity contribution is 0.130. The molecule has 0 aliphatic carbocycles. The number of likely N-dealkylation sites (tertiary alicyclic amines) is 1. The number of fused-ring (bicyclic) bond motifs is 1. The molecule has 4 heterocycles. The van der Waals surface area contributed by atoms with Crippen molar-refractivity contribution in [2.45, 2.75) is 45.8 Å². The highest BCUT2D eigenvalue weighted by molar-refractivity contribution is 5.68. The SMILES string of the molecule is Cc1ccc2oc(=O)n(Cc3cccc(-c4ncc(OC(C)CN5CCCCC5)cn4)c3)c2n1. The summed E-state index contributed by atoms with van der Waals surface area (Å²) < 4.78 is 12.9. The molecule has 0 spiro atoms. The van der Waals surface area contributed by atoms with Crippen LogP contribution in [0.4, 0.5) is 0 Å². The molecule has 4 aromatic rings. The number of pyridine rings is 1. The topological polar surface area (TPSA) is 86.3 Å². The average Bonchev–Trinajstić information content (AvgIpc) is 3.14. The molecular weight excluding hydrogens is 430 g/mol. The van der Waals surface area contributed by atoms with Gasteiger partial charge in [-0.1, -0.05) is 24.6 Å². The van der Waals surface area contributed by atoms with Crippen LogP contribution in [0.15, 0.2) is 58.0 Å². The molecule has 0 amide bonds. The largest absolute Gasteiger partial charge is 0.486 e. The van der Waals surface area contributed by atoms with E-state index in [1.54, 1.807) is 23.0 Å². The van der Waals surface area contributed by atoms with E-state index in [1.165, 1.54) is 19.3 Å². The van der Waals surface area contributed by atoms with Gasteiger partial charge in [0.1, 0.15) is 6.10 Å². The van der Waals surface area contributed by atoms with Gasteiger partial charge in [0, 0.05) is 17.8 Å². The number of hydrogen-bond donors (Lipinski definition) is 0. The average molecular weight is 460 g/mol. The van der Waals surface area contributed by atoms with Gasteiger partial charge in [0.25, 0.3) is 0 Å². The van der Waals surface area contributed by atoms with Gasteiger partial charge < -0.3 is 9.15 Å². The lowest BCUT2D eigenvalue weighted by atomic mass is 10.1. The Bertz CT molecular complexity index is 1320. The third-order valence-corrected chi connectivity index (χ3v) is 6.11. The number of piperidine rings is 1. The van der Waals surface area contributed by atoms with Crippen molar-refractivity contribution in [3.05, 3.63) is 70.6 Å². The maximum Gasteiger partial charge on any atom is 0.421 e. The van der Waals surface area contributed by atoms with E-state index < -0.39 is 5.76 Å². The molecule has 3 aromatic heterocycles. The predicted octanol–water partition coefficient (Wildman–Crippen LogP) is 4.06. The maximum absolute atomic E-state index is 12.4. The summed E-state index contributed by atoms with van der Waals surface area (Å²) in [5, 5.41) is 0. The zero-order valence-electron chi connectivity index (χ0n) is 19.6. The molecule has 1 atom stereocenters. The number of rotatable bonds is 7. The minimum atomic E-state index is -0.421. The van der Waals surface area contributed by atoms with E-state index in [4.69, 9.17) is 9.15 Å². The van der Waals surface area contributed by atoms with Gasteiger partial charge in [-0.15, -0.1) is 0 Å². The van der Waals surface area contributed by atoms with Gasteiger partial charge in [0.2, 0.25) is 0 Å². The van der Waals surface area contributed by atoms with Crippen LogP contribution in [0.2, 0.25) is 0 Å². The second-order valence-electron chi connectivity index (χ2n) is 8.96. The first-order valence-electron chi connectivity index (χ1n) is 11.8. The van der Waals surface area contributed by atoms with Crippen LogP contribution < -0.4 is 10.5 Å². The smallest absolute Gasteiger partial charge is 0.421 e. The molecule has 1 aliphatic heterocycles. The molecule has 0 bridgehead atoms. The van der Waals surface area contributed by atoms with Crippen LogP contribution >= 0.6 is 0 Å². The van der Waals surface area contributed by atoms with Gasteiger partial charge in [-0.3, -0.25) is 9.47 Å². The lowest BCUT2D eigenvalue weighted by Crippen LogP contribution is -2.37. The maximum atomic E-state index is 12.4. The fourth-order valence-electron chi connectivity index (χ4n) is 4.47.